The Bertz CT molecular complexity index is 347. The zero-order valence-electron chi connectivity index (χ0n) is 7.03. The summed E-state index contributed by atoms with van der Waals surface area (Å²) in [4.78, 5) is 20.8. The number of aromatic carboxylic acids is 1. The van der Waals surface area contributed by atoms with Gasteiger partial charge in [0.15, 0.2) is 0 Å². The zero-order valence-corrected chi connectivity index (χ0v) is 7.03. The molecule has 0 spiro atoms. The van der Waals surface area contributed by atoms with Crippen molar-refractivity contribution in [3.05, 3.63) is 29.3 Å². The minimum Gasteiger partial charge on any atom is -0.545 e. The van der Waals surface area contributed by atoms with Crippen molar-refractivity contribution in [1.82, 2.24) is 0 Å². The topological polar surface area (TPSA) is 69.2 Å². The summed E-state index contributed by atoms with van der Waals surface area (Å²) in [6.45, 7) is 1.71. The predicted molar refractivity (Wildman–Crippen MR) is 45.2 cm³/mol. The number of carbonyl (C=O) groups excluding carboxylic acids is 2. The minimum absolute atomic E-state index is 0.00731. The van der Waals surface area contributed by atoms with Gasteiger partial charge < -0.3 is 15.2 Å². The molecule has 1 aromatic carbocycles. The van der Waals surface area contributed by atoms with E-state index in [9.17, 15) is 14.7 Å². The first kappa shape index (κ1) is 9.25. The van der Waals surface area contributed by atoms with Gasteiger partial charge in [-0.2, -0.15) is 0 Å². The van der Waals surface area contributed by atoms with Crippen molar-refractivity contribution in [2.24, 2.45) is 0 Å². The molecule has 0 aliphatic rings. The molecule has 1 rings (SSSR count). The number of rotatable bonds is 3. The number of para-hydroxylation sites is 1. The quantitative estimate of drug-likeness (QED) is 0.658. The molecular formula is C9H8NO3-. The first-order chi connectivity index (χ1) is 6.16. The lowest BCUT2D eigenvalue weighted by molar-refractivity contribution is -0.254. The molecule has 4 heteroatoms. The maximum atomic E-state index is 10.6. The van der Waals surface area contributed by atoms with Crippen LogP contribution in [0, 0.1) is 6.92 Å². The van der Waals surface area contributed by atoms with Crippen molar-refractivity contribution < 1.29 is 14.7 Å². The maximum absolute atomic E-state index is 10.6. The molecule has 0 fully saturated rings. The molecule has 13 heavy (non-hydrogen) atoms. The van der Waals surface area contributed by atoms with Gasteiger partial charge in [0.2, 0.25) is 6.41 Å². The summed E-state index contributed by atoms with van der Waals surface area (Å²) in [5.74, 6) is -1.30. The van der Waals surface area contributed by atoms with Crippen molar-refractivity contribution in [3.63, 3.8) is 0 Å². The third kappa shape index (κ3) is 1.84. The van der Waals surface area contributed by atoms with E-state index in [1.165, 1.54) is 6.07 Å². The number of carboxylic acids is 1. The van der Waals surface area contributed by atoms with Crippen LogP contribution in [0.15, 0.2) is 18.2 Å². The highest BCUT2D eigenvalue weighted by molar-refractivity contribution is 5.96. The Balaban J connectivity index is 3.24. The smallest absolute Gasteiger partial charge is 0.211 e. The van der Waals surface area contributed by atoms with Crippen LogP contribution in [0.3, 0.4) is 0 Å². The van der Waals surface area contributed by atoms with E-state index < -0.39 is 5.97 Å². The molecule has 0 aliphatic heterocycles. The zero-order chi connectivity index (χ0) is 9.84. The Labute approximate surface area is 75.2 Å². The number of carbonyl (C=O) groups is 2. The lowest BCUT2D eigenvalue weighted by atomic mass is 10.1. The van der Waals surface area contributed by atoms with Gasteiger partial charge >= 0.3 is 0 Å². The van der Waals surface area contributed by atoms with Gasteiger partial charge in [-0.15, -0.1) is 0 Å². The summed E-state index contributed by atoms with van der Waals surface area (Å²) in [6.07, 6.45) is 0.439. The summed E-state index contributed by atoms with van der Waals surface area (Å²) < 4.78 is 0. The summed E-state index contributed by atoms with van der Waals surface area (Å²) in [7, 11) is 0. The molecule has 0 atom stereocenters. The van der Waals surface area contributed by atoms with E-state index in [0.29, 0.717) is 12.0 Å². The van der Waals surface area contributed by atoms with Crippen molar-refractivity contribution in [3.8, 4) is 0 Å². The third-order valence-corrected chi connectivity index (χ3v) is 1.70. The number of benzene rings is 1. The van der Waals surface area contributed by atoms with Crippen molar-refractivity contribution >= 4 is 18.1 Å². The van der Waals surface area contributed by atoms with E-state index in [-0.39, 0.29) is 11.3 Å². The molecule has 4 nitrogen and oxygen atoms in total. The lowest BCUT2D eigenvalue weighted by Crippen LogP contribution is -2.23. The second kappa shape index (κ2) is 3.71. The number of hydrogen-bond acceptors (Lipinski definition) is 3. The van der Waals surface area contributed by atoms with Gasteiger partial charge in [0, 0.05) is 5.56 Å². The van der Waals surface area contributed by atoms with Crippen LogP contribution >= 0.6 is 0 Å². The highest BCUT2D eigenvalue weighted by Crippen LogP contribution is 2.18. The second-order valence-electron chi connectivity index (χ2n) is 2.55. The van der Waals surface area contributed by atoms with Crippen LogP contribution in [0.25, 0.3) is 0 Å². The molecule has 0 unspecified atom stereocenters. The first-order valence-electron chi connectivity index (χ1n) is 3.68. The molecule has 68 valence electrons. The Morgan fingerprint density at radius 3 is 2.77 bits per heavy atom. The van der Waals surface area contributed by atoms with Crippen LogP contribution in [0.5, 0.6) is 0 Å². The standard InChI is InChI=1S/C9H9NO3/c1-6-3-2-4-7(9(12)13)8(6)10-5-11/h2-5H,1H3,(H,10,11)(H,12,13)/p-1. The van der Waals surface area contributed by atoms with Gasteiger partial charge in [-0.1, -0.05) is 18.2 Å². The molecule has 1 amide bonds. The molecule has 0 bridgehead atoms. The largest absolute Gasteiger partial charge is 0.545 e. The molecule has 0 aromatic heterocycles. The Morgan fingerprint density at radius 2 is 2.23 bits per heavy atom. The molecule has 1 N–H and O–H groups in total. The fourth-order valence-corrected chi connectivity index (χ4v) is 1.09. The molecule has 1 aromatic rings. The van der Waals surface area contributed by atoms with Crippen LogP contribution in [0.2, 0.25) is 0 Å². The fourth-order valence-electron chi connectivity index (χ4n) is 1.09. The van der Waals surface area contributed by atoms with Gasteiger partial charge in [-0.25, -0.2) is 0 Å². The Kier molecular flexibility index (Phi) is 2.64. The highest BCUT2D eigenvalue weighted by Gasteiger charge is 2.04. The van der Waals surface area contributed by atoms with Crippen LogP contribution in [-0.2, 0) is 4.79 Å². The van der Waals surface area contributed by atoms with Gasteiger partial charge in [-0.3, -0.25) is 4.79 Å². The van der Waals surface area contributed by atoms with E-state index in [4.69, 9.17) is 0 Å². The average molecular weight is 178 g/mol. The van der Waals surface area contributed by atoms with Gasteiger partial charge in [-0.05, 0) is 12.5 Å². The van der Waals surface area contributed by atoms with Gasteiger partial charge in [0.1, 0.15) is 0 Å². The summed E-state index contributed by atoms with van der Waals surface area (Å²) >= 11 is 0. The number of amides is 1. The normalized spacial score (nSPS) is 9.31. The number of hydrogen-bond donors (Lipinski definition) is 1. The maximum Gasteiger partial charge on any atom is 0.211 e. The Hall–Kier alpha value is -1.84. The third-order valence-electron chi connectivity index (χ3n) is 1.70. The fraction of sp³-hybridized carbons (Fsp3) is 0.111. The monoisotopic (exact) mass is 178 g/mol. The van der Waals surface area contributed by atoms with Gasteiger partial charge in [0.05, 0.1) is 11.7 Å². The van der Waals surface area contributed by atoms with E-state index in [1.54, 1.807) is 19.1 Å². The van der Waals surface area contributed by atoms with Crippen LogP contribution in [0.4, 0.5) is 5.69 Å². The molecule has 0 aliphatic carbocycles. The SMILES string of the molecule is Cc1cccc(C(=O)[O-])c1NC=O. The van der Waals surface area contributed by atoms with Crippen molar-refractivity contribution in [1.29, 1.82) is 0 Å². The van der Waals surface area contributed by atoms with Crippen LogP contribution < -0.4 is 10.4 Å². The molecule has 0 radical (unpaired) electrons. The highest BCUT2D eigenvalue weighted by atomic mass is 16.4. The molecule has 0 saturated heterocycles. The molecular weight excluding hydrogens is 170 g/mol. The van der Waals surface area contributed by atoms with Crippen molar-refractivity contribution in [2.45, 2.75) is 6.92 Å². The lowest BCUT2D eigenvalue weighted by Gasteiger charge is -2.11. The first-order valence-corrected chi connectivity index (χ1v) is 3.68. The van der Waals surface area contributed by atoms with Crippen LogP contribution in [-0.4, -0.2) is 12.4 Å². The number of aryl methyl sites for hydroxylation is 1. The number of anilines is 1. The minimum atomic E-state index is -1.30. The van der Waals surface area contributed by atoms with E-state index in [2.05, 4.69) is 5.32 Å². The number of nitrogens with one attached hydrogen (secondary N) is 1. The summed E-state index contributed by atoms with van der Waals surface area (Å²) in [5, 5.41) is 12.9. The van der Waals surface area contributed by atoms with Crippen LogP contribution in [0.1, 0.15) is 15.9 Å². The van der Waals surface area contributed by atoms with E-state index in [1.807, 2.05) is 0 Å². The summed E-state index contributed by atoms with van der Waals surface area (Å²) in [6, 6.07) is 4.68. The molecule has 0 saturated carbocycles. The Morgan fingerprint density at radius 1 is 1.54 bits per heavy atom. The second-order valence-corrected chi connectivity index (χ2v) is 2.55. The van der Waals surface area contributed by atoms with E-state index in [0.717, 1.165) is 0 Å². The predicted octanol–water partition coefficient (Wildman–Crippen LogP) is -0.0732. The average Bonchev–Trinajstić information content (AvgIpc) is 2.08. The van der Waals surface area contributed by atoms with Crippen molar-refractivity contribution in [2.75, 3.05) is 5.32 Å². The number of carboxylic acid groups (broad SMARTS) is 1. The summed E-state index contributed by atoms with van der Waals surface area (Å²) in [5.41, 5.74) is 0.971. The van der Waals surface area contributed by atoms with E-state index >= 15 is 0 Å². The molecule has 0 heterocycles. The van der Waals surface area contributed by atoms with Gasteiger partial charge in [0.25, 0.3) is 0 Å².